The highest BCUT2D eigenvalue weighted by molar-refractivity contribution is 9.10. The normalized spacial score (nSPS) is 12.3. The van der Waals surface area contributed by atoms with E-state index in [1.54, 1.807) is 0 Å². The summed E-state index contributed by atoms with van der Waals surface area (Å²) < 4.78 is 62.0. The molecule has 1 rings (SSSR count). The number of nitro groups is 1. The molecule has 0 atom stereocenters. The lowest BCUT2D eigenvalue weighted by atomic mass is 10.3. The number of nitro benzene ring substituents is 1. The van der Waals surface area contributed by atoms with Crippen molar-refractivity contribution in [3.8, 4) is 5.75 Å². The van der Waals surface area contributed by atoms with E-state index in [9.17, 15) is 31.7 Å². The molecule has 0 N–H and O–H groups in total. The molecule has 0 aliphatic heterocycles. The molecule has 0 bridgehead atoms. The minimum atomic E-state index is -5.31. The molecule has 0 fully saturated rings. The molecule has 6 nitrogen and oxygen atoms in total. The predicted molar refractivity (Wildman–Crippen MR) is 60.5 cm³/mol. The van der Waals surface area contributed by atoms with Crippen molar-refractivity contribution in [1.82, 2.24) is 0 Å². The van der Waals surface area contributed by atoms with Gasteiger partial charge in [0.2, 0.25) is 5.75 Å². The molecule has 0 radical (unpaired) electrons. The van der Waals surface area contributed by atoms with Crippen LogP contribution in [0.15, 0.2) is 21.5 Å². The number of hydrogen-bond donors (Lipinski definition) is 0. The maximum atomic E-state index is 12.2. The second kappa shape index (κ2) is 5.13. The van der Waals surface area contributed by atoms with Gasteiger partial charge in [0, 0.05) is 21.2 Å². The fourth-order valence-corrected chi connectivity index (χ4v) is 2.67. The SMILES string of the molecule is O=[N+]([O-])c1cc(Br)cc(S(=O)(=O)Cl)c1OC(F)(F)F. The smallest absolute Gasteiger partial charge is 0.397 e. The zero-order chi connectivity index (χ0) is 15.0. The number of nitrogens with zero attached hydrogens (tertiary/aromatic N) is 1. The highest BCUT2D eigenvalue weighted by Crippen LogP contribution is 2.41. The Morgan fingerprint density at radius 1 is 1.37 bits per heavy atom. The lowest BCUT2D eigenvalue weighted by Crippen LogP contribution is -2.19. The van der Waals surface area contributed by atoms with Gasteiger partial charge in [-0.1, -0.05) is 15.9 Å². The molecule has 0 spiro atoms. The van der Waals surface area contributed by atoms with Gasteiger partial charge in [0.25, 0.3) is 9.05 Å². The molecule has 0 unspecified atom stereocenters. The van der Waals surface area contributed by atoms with E-state index >= 15 is 0 Å². The third-order valence-corrected chi connectivity index (χ3v) is 3.46. The Hall–Kier alpha value is -1.07. The van der Waals surface area contributed by atoms with Gasteiger partial charge in [-0.05, 0) is 6.07 Å². The third-order valence-electron chi connectivity index (χ3n) is 1.68. The summed E-state index contributed by atoms with van der Waals surface area (Å²) in [6.07, 6.45) is -5.31. The van der Waals surface area contributed by atoms with E-state index < -0.39 is 36.7 Å². The van der Waals surface area contributed by atoms with Crippen LogP contribution in [0.2, 0.25) is 0 Å². The molecule has 0 amide bonds. The van der Waals surface area contributed by atoms with Gasteiger partial charge in [0.1, 0.15) is 4.90 Å². The van der Waals surface area contributed by atoms with Crippen molar-refractivity contribution < 1.29 is 31.2 Å². The van der Waals surface area contributed by atoms with Crippen LogP contribution >= 0.6 is 26.6 Å². The van der Waals surface area contributed by atoms with Gasteiger partial charge in [0.15, 0.2) is 0 Å². The Morgan fingerprint density at radius 2 is 1.89 bits per heavy atom. The van der Waals surface area contributed by atoms with E-state index in [4.69, 9.17) is 10.7 Å². The van der Waals surface area contributed by atoms with E-state index in [1.807, 2.05) is 0 Å². The number of ether oxygens (including phenoxy) is 1. The summed E-state index contributed by atoms with van der Waals surface area (Å²) in [6, 6.07) is 1.32. The van der Waals surface area contributed by atoms with Crippen molar-refractivity contribution in [3.63, 3.8) is 0 Å². The van der Waals surface area contributed by atoms with Gasteiger partial charge >= 0.3 is 12.0 Å². The Labute approximate surface area is 116 Å². The van der Waals surface area contributed by atoms with Crippen molar-refractivity contribution >= 4 is 41.4 Å². The summed E-state index contributed by atoms with van der Waals surface area (Å²) in [5.74, 6) is -1.49. The average Bonchev–Trinajstić information content (AvgIpc) is 2.16. The summed E-state index contributed by atoms with van der Waals surface area (Å²) in [5.41, 5.74) is -1.19. The Bertz CT molecular complexity index is 632. The molecule has 0 heterocycles. The van der Waals surface area contributed by atoms with Crippen LogP contribution in [0, 0.1) is 10.1 Å². The first-order chi connectivity index (χ1) is 8.42. The van der Waals surface area contributed by atoms with Crippen LogP contribution in [0.4, 0.5) is 18.9 Å². The molecule has 19 heavy (non-hydrogen) atoms. The topological polar surface area (TPSA) is 86.5 Å². The second-order valence-electron chi connectivity index (χ2n) is 2.99. The van der Waals surface area contributed by atoms with Gasteiger partial charge in [-0.3, -0.25) is 10.1 Å². The molecule has 0 saturated carbocycles. The molecule has 106 valence electrons. The van der Waals surface area contributed by atoms with Crippen LogP contribution in [0.25, 0.3) is 0 Å². The number of benzene rings is 1. The number of halogens is 5. The molecule has 0 saturated heterocycles. The van der Waals surface area contributed by atoms with Crippen molar-refractivity contribution in [1.29, 1.82) is 0 Å². The Morgan fingerprint density at radius 3 is 2.26 bits per heavy atom. The van der Waals surface area contributed by atoms with Gasteiger partial charge < -0.3 is 4.74 Å². The van der Waals surface area contributed by atoms with E-state index in [0.29, 0.717) is 12.1 Å². The zero-order valence-corrected chi connectivity index (χ0v) is 11.6. The zero-order valence-electron chi connectivity index (χ0n) is 8.44. The summed E-state index contributed by atoms with van der Waals surface area (Å²) >= 11 is 2.72. The first-order valence-electron chi connectivity index (χ1n) is 4.10. The standard InChI is InChI=1S/C7H2BrClF3NO5S/c8-3-1-4(13(14)15)6(18-7(10,11)12)5(2-3)19(9,16)17/h1-2H. The first kappa shape index (κ1) is 16.0. The van der Waals surface area contributed by atoms with Crippen LogP contribution in [0.1, 0.15) is 0 Å². The molecular formula is C7H2BrClF3NO5S. The number of rotatable bonds is 3. The largest absolute Gasteiger partial charge is 0.573 e. The van der Waals surface area contributed by atoms with E-state index in [2.05, 4.69) is 20.7 Å². The van der Waals surface area contributed by atoms with Crippen LogP contribution < -0.4 is 4.74 Å². The molecule has 1 aromatic rings. The molecule has 0 aliphatic rings. The van der Waals surface area contributed by atoms with Crippen LogP contribution in [0.5, 0.6) is 5.75 Å². The van der Waals surface area contributed by atoms with Gasteiger partial charge in [-0.2, -0.15) is 0 Å². The van der Waals surface area contributed by atoms with Crippen molar-refractivity contribution in [2.45, 2.75) is 11.3 Å². The van der Waals surface area contributed by atoms with E-state index in [1.165, 1.54) is 0 Å². The van der Waals surface area contributed by atoms with Gasteiger partial charge in [-0.25, -0.2) is 8.42 Å². The van der Waals surface area contributed by atoms with E-state index in [-0.39, 0.29) is 4.47 Å². The summed E-state index contributed by atoms with van der Waals surface area (Å²) in [7, 11) is 0.251. The summed E-state index contributed by atoms with van der Waals surface area (Å²) in [4.78, 5) is 8.25. The maximum absolute atomic E-state index is 12.2. The van der Waals surface area contributed by atoms with Crippen molar-refractivity contribution in [3.05, 3.63) is 26.7 Å². The minimum Gasteiger partial charge on any atom is -0.397 e. The highest BCUT2D eigenvalue weighted by atomic mass is 79.9. The van der Waals surface area contributed by atoms with Crippen LogP contribution in [0.3, 0.4) is 0 Å². The lowest BCUT2D eigenvalue weighted by molar-refractivity contribution is -0.389. The van der Waals surface area contributed by atoms with Gasteiger partial charge in [-0.15, -0.1) is 13.2 Å². The first-order valence-corrected chi connectivity index (χ1v) is 7.20. The molecule has 1 aromatic carbocycles. The third kappa shape index (κ3) is 4.21. The van der Waals surface area contributed by atoms with E-state index in [0.717, 1.165) is 0 Å². The van der Waals surface area contributed by atoms with Crippen LogP contribution in [-0.4, -0.2) is 19.7 Å². The van der Waals surface area contributed by atoms with Gasteiger partial charge in [0.05, 0.1) is 4.92 Å². The van der Waals surface area contributed by atoms with Crippen molar-refractivity contribution in [2.24, 2.45) is 0 Å². The van der Waals surface area contributed by atoms with Crippen molar-refractivity contribution in [2.75, 3.05) is 0 Å². The summed E-state index contributed by atoms with van der Waals surface area (Å²) in [6.45, 7) is 0. The molecule has 0 aliphatic carbocycles. The minimum absolute atomic E-state index is 0.145. The fraction of sp³-hybridized carbons (Fsp3) is 0.143. The average molecular weight is 385 g/mol. The number of hydrogen-bond acceptors (Lipinski definition) is 5. The monoisotopic (exact) mass is 383 g/mol. The Kier molecular flexibility index (Phi) is 4.32. The quantitative estimate of drug-likeness (QED) is 0.454. The second-order valence-corrected chi connectivity index (χ2v) is 6.44. The number of alkyl halides is 3. The molecular weight excluding hydrogens is 382 g/mol. The summed E-state index contributed by atoms with van der Waals surface area (Å²) in [5, 5.41) is 10.6. The van der Waals surface area contributed by atoms with Crippen LogP contribution in [-0.2, 0) is 9.05 Å². The Balaban J connectivity index is 3.67. The fourth-order valence-electron chi connectivity index (χ4n) is 1.09. The highest BCUT2D eigenvalue weighted by Gasteiger charge is 2.38. The molecule has 0 aromatic heterocycles. The predicted octanol–water partition coefficient (Wildman–Crippen LogP) is 3.18. The maximum Gasteiger partial charge on any atom is 0.573 e. The molecule has 12 heteroatoms. The lowest BCUT2D eigenvalue weighted by Gasteiger charge is -2.12.